The number of carbonyl (C=O) groups is 1. The molecule has 156 valence electrons. The summed E-state index contributed by atoms with van der Waals surface area (Å²) >= 11 is 0. The van der Waals surface area contributed by atoms with Crippen LogP contribution in [0.5, 0.6) is 0 Å². The highest BCUT2D eigenvalue weighted by molar-refractivity contribution is 7.92. The molecule has 3 rings (SSSR count). The molecule has 0 unspecified atom stereocenters. The zero-order chi connectivity index (χ0) is 21.0. The van der Waals surface area contributed by atoms with Crippen LogP contribution in [0, 0.1) is 5.82 Å². The molecule has 0 aromatic heterocycles. The van der Waals surface area contributed by atoms with Crippen LogP contribution in [0.15, 0.2) is 53.4 Å². The number of sulfone groups is 1. The van der Waals surface area contributed by atoms with Gasteiger partial charge in [-0.25, -0.2) is 12.8 Å². The molecule has 2 aromatic rings. The van der Waals surface area contributed by atoms with Crippen molar-refractivity contribution in [2.24, 2.45) is 0 Å². The molecule has 5 nitrogen and oxygen atoms in total. The van der Waals surface area contributed by atoms with Crippen LogP contribution in [0.1, 0.15) is 31.7 Å². The van der Waals surface area contributed by atoms with Crippen LogP contribution in [-0.2, 0) is 21.2 Å². The van der Waals surface area contributed by atoms with Crippen molar-refractivity contribution >= 4 is 21.4 Å². The van der Waals surface area contributed by atoms with Crippen LogP contribution >= 0.6 is 0 Å². The smallest absolute Gasteiger partial charge is 0.241 e. The largest absolute Gasteiger partial charge is 0.372 e. The lowest BCUT2D eigenvalue weighted by atomic mass is 10.1. The molecule has 0 spiro atoms. The molecule has 0 radical (unpaired) electrons. The first-order valence-electron chi connectivity index (χ1n) is 9.87. The second-order valence-electron chi connectivity index (χ2n) is 7.55. The van der Waals surface area contributed by atoms with Gasteiger partial charge in [0, 0.05) is 32.4 Å². The number of carbonyl (C=O) groups excluding carboxylic acids is 1. The summed E-state index contributed by atoms with van der Waals surface area (Å²) in [5.41, 5.74) is 2.11. The topological polar surface area (TPSA) is 57.7 Å². The van der Waals surface area contributed by atoms with E-state index in [1.807, 2.05) is 12.1 Å². The molecule has 1 atom stereocenters. The molecule has 0 saturated carbocycles. The summed E-state index contributed by atoms with van der Waals surface area (Å²) in [6.07, 6.45) is 3.69. The van der Waals surface area contributed by atoms with Gasteiger partial charge in [-0.2, -0.15) is 0 Å². The van der Waals surface area contributed by atoms with Crippen LogP contribution in [0.4, 0.5) is 10.1 Å². The van der Waals surface area contributed by atoms with Gasteiger partial charge in [0.2, 0.25) is 5.91 Å². The summed E-state index contributed by atoms with van der Waals surface area (Å²) in [5, 5.41) is -1.24. The highest BCUT2D eigenvalue weighted by atomic mass is 32.2. The standard InChI is InChI=1S/C22H27FN2O3S/c1-17(29(27,28)21-12-8-19(23)9-13-21)22(26)24(2)16-18-6-10-20(11-7-18)25-14-4-3-5-15-25/h6-13,17H,3-5,14-16H2,1-2H3/t17-/m0/s1. The van der Waals surface area contributed by atoms with Crippen molar-refractivity contribution in [1.82, 2.24) is 4.90 Å². The number of nitrogens with zero attached hydrogens (tertiary/aromatic N) is 2. The Kier molecular flexibility index (Phi) is 6.57. The third kappa shape index (κ3) is 4.96. The Morgan fingerprint density at radius 3 is 2.21 bits per heavy atom. The van der Waals surface area contributed by atoms with E-state index in [9.17, 15) is 17.6 Å². The fourth-order valence-corrected chi connectivity index (χ4v) is 4.96. The molecular weight excluding hydrogens is 391 g/mol. The first-order valence-corrected chi connectivity index (χ1v) is 11.4. The minimum Gasteiger partial charge on any atom is -0.372 e. The van der Waals surface area contributed by atoms with Gasteiger partial charge in [0.15, 0.2) is 9.84 Å². The SMILES string of the molecule is C[C@@H](C(=O)N(C)Cc1ccc(N2CCCCC2)cc1)S(=O)(=O)c1ccc(F)cc1. The van der Waals surface area contributed by atoms with Crippen molar-refractivity contribution in [3.8, 4) is 0 Å². The summed E-state index contributed by atoms with van der Waals surface area (Å²) in [7, 11) is -2.28. The van der Waals surface area contributed by atoms with Gasteiger partial charge < -0.3 is 9.80 Å². The van der Waals surface area contributed by atoms with Crippen molar-refractivity contribution in [3.63, 3.8) is 0 Å². The third-order valence-corrected chi connectivity index (χ3v) is 7.47. The maximum Gasteiger partial charge on any atom is 0.241 e. The highest BCUT2D eigenvalue weighted by Crippen LogP contribution is 2.22. The molecule has 0 bridgehead atoms. The van der Waals surface area contributed by atoms with Gasteiger partial charge in [-0.1, -0.05) is 12.1 Å². The van der Waals surface area contributed by atoms with Gasteiger partial charge in [-0.3, -0.25) is 4.79 Å². The predicted molar refractivity (Wildman–Crippen MR) is 112 cm³/mol. The lowest BCUT2D eigenvalue weighted by molar-refractivity contribution is -0.129. The van der Waals surface area contributed by atoms with Gasteiger partial charge in [0.05, 0.1) is 4.90 Å². The maximum absolute atomic E-state index is 13.1. The highest BCUT2D eigenvalue weighted by Gasteiger charge is 2.31. The zero-order valence-corrected chi connectivity index (χ0v) is 17.7. The van der Waals surface area contributed by atoms with E-state index in [1.165, 1.54) is 48.9 Å². The summed E-state index contributed by atoms with van der Waals surface area (Å²) in [6.45, 7) is 3.83. The number of hydrogen-bond acceptors (Lipinski definition) is 4. The molecule has 2 aromatic carbocycles. The Hall–Kier alpha value is -2.41. The Labute approximate surface area is 172 Å². The first-order chi connectivity index (χ1) is 13.8. The monoisotopic (exact) mass is 418 g/mol. The fraction of sp³-hybridized carbons (Fsp3) is 0.409. The van der Waals surface area contributed by atoms with Crippen molar-refractivity contribution in [1.29, 1.82) is 0 Å². The van der Waals surface area contributed by atoms with E-state index in [1.54, 1.807) is 7.05 Å². The molecule has 0 N–H and O–H groups in total. The molecule has 1 aliphatic heterocycles. The molecule has 0 aliphatic carbocycles. The second kappa shape index (κ2) is 8.95. The van der Waals surface area contributed by atoms with Gasteiger partial charge in [0.25, 0.3) is 0 Å². The Bertz CT molecular complexity index is 937. The van der Waals surface area contributed by atoms with E-state index in [2.05, 4.69) is 17.0 Å². The molecule has 1 aliphatic rings. The number of anilines is 1. The number of halogens is 1. The molecule has 1 fully saturated rings. The van der Waals surface area contributed by atoms with Crippen LogP contribution in [-0.4, -0.2) is 44.6 Å². The predicted octanol–water partition coefficient (Wildman–Crippen LogP) is 3.64. The zero-order valence-electron chi connectivity index (χ0n) is 16.8. The van der Waals surface area contributed by atoms with Crippen molar-refractivity contribution < 1.29 is 17.6 Å². The normalized spacial score (nSPS) is 15.8. The first kappa shape index (κ1) is 21.3. The molecule has 1 saturated heterocycles. The van der Waals surface area contributed by atoms with Crippen LogP contribution in [0.25, 0.3) is 0 Å². The molecule has 7 heteroatoms. The summed E-state index contributed by atoms with van der Waals surface area (Å²) < 4.78 is 38.5. The lowest BCUT2D eigenvalue weighted by Crippen LogP contribution is -2.39. The van der Waals surface area contributed by atoms with Gasteiger partial charge >= 0.3 is 0 Å². The van der Waals surface area contributed by atoms with Crippen LogP contribution < -0.4 is 4.90 Å². The number of amides is 1. The molecular formula is C22H27FN2O3S. The Morgan fingerprint density at radius 1 is 1.03 bits per heavy atom. The van der Waals surface area contributed by atoms with Crippen LogP contribution in [0.2, 0.25) is 0 Å². The van der Waals surface area contributed by atoms with E-state index in [0.29, 0.717) is 6.54 Å². The van der Waals surface area contributed by atoms with Crippen molar-refractivity contribution in [2.45, 2.75) is 42.9 Å². The number of hydrogen-bond donors (Lipinski definition) is 0. The Balaban J connectivity index is 1.65. The number of rotatable bonds is 6. The van der Waals surface area contributed by atoms with Crippen molar-refractivity contribution in [2.75, 3.05) is 25.0 Å². The second-order valence-corrected chi connectivity index (χ2v) is 9.82. The van der Waals surface area contributed by atoms with Gasteiger partial charge in [-0.15, -0.1) is 0 Å². The minimum absolute atomic E-state index is 0.0564. The average molecular weight is 419 g/mol. The van der Waals surface area contributed by atoms with Gasteiger partial charge in [0.1, 0.15) is 11.1 Å². The quantitative estimate of drug-likeness (QED) is 0.672. The van der Waals surface area contributed by atoms with Crippen LogP contribution in [0.3, 0.4) is 0 Å². The summed E-state index contributed by atoms with van der Waals surface area (Å²) in [6, 6.07) is 12.6. The van der Waals surface area contributed by atoms with E-state index in [-0.39, 0.29) is 4.90 Å². The third-order valence-electron chi connectivity index (χ3n) is 5.41. The van der Waals surface area contributed by atoms with E-state index in [4.69, 9.17) is 0 Å². The number of benzene rings is 2. The maximum atomic E-state index is 13.1. The summed E-state index contributed by atoms with van der Waals surface area (Å²) in [4.78, 5) is 16.4. The Morgan fingerprint density at radius 2 is 1.62 bits per heavy atom. The van der Waals surface area contributed by atoms with E-state index < -0.39 is 26.8 Å². The van der Waals surface area contributed by atoms with Crippen molar-refractivity contribution in [3.05, 3.63) is 59.9 Å². The fourth-order valence-electron chi connectivity index (χ4n) is 3.59. The summed E-state index contributed by atoms with van der Waals surface area (Å²) in [5.74, 6) is -1.01. The molecule has 29 heavy (non-hydrogen) atoms. The molecule has 1 amide bonds. The van der Waals surface area contributed by atoms with E-state index in [0.717, 1.165) is 30.8 Å². The number of piperidine rings is 1. The average Bonchev–Trinajstić information content (AvgIpc) is 2.74. The molecule has 1 heterocycles. The van der Waals surface area contributed by atoms with E-state index >= 15 is 0 Å². The minimum atomic E-state index is -3.88. The lowest BCUT2D eigenvalue weighted by Gasteiger charge is -2.29. The van der Waals surface area contributed by atoms with Gasteiger partial charge in [-0.05, 0) is 68.1 Å².